The Labute approximate surface area is 186 Å². The molecule has 6 heteroatoms. The fraction of sp³-hybridized carbons (Fsp3) is 0.417. The Kier molecular flexibility index (Phi) is 6.25. The molecule has 0 spiro atoms. The van der Waals surface area contributed by atoms with Gasteiger partial charge in [-0.2, -0.15) is 0 Å². The quantitative estimate of drug-likeness (QED) is 0.701. The van der Waals surface area contributed by atoms with Crippen LogP contribution in [0.25, 0.3) is 0 Å². The number of aryl methyl sites for hydroxylation is 1. The highest BCUT2D eigenvalue weighted by Gasteiger charge is 2.49. The van der Waals surface area contributed by atoms with Crippen LogP contribution < -0.4 is 5.32 Å². The van der Waals surface area contributed by atoms with Crippen LogP contribution in [0.5, 0.6) is 0 Å². The van der Waals surface area contributed by atoms with Gasteiger partial charge in [-0.05, 0) is 43.2 Å². The fourth-order valence-electron chi connectivity index (χ4n) is 4.77. The van der Waals surface area contributed by atoms with E-state index in [9.17, 15) is 9.59 Å². The van der Waals surface area contributed by atoms with Crippen molar-refractivity contribution >= 4 is 33.4 Å². The first-order valence-electron chi connectivity index (χ1n) is 10.6. The van der Waals surface area contributed by atoms with Gasteiger partial charge in [0, 0.05) is 47.7 Å². The molecule has 0 bridgehead atoms. The van der Waals surface area contributed by atoms with Crippen molar-refractivity contribution in [1.29, 1.82) is 0 Å². The molecule has 2 aliphatic heterocycles. The number of benzene rings is 2. The lowest BCUT2D eigenvalue weighted by atomic mass is 9.73. The second-order valence-corrected chi connectivity index (χ2v) is 9.24. The molecule has 2 aliphatic rings. The largest absolute Gasteiger partial charge is 0.322 e. The lowest BCUT2D eigenvalue weighted by Gasteiger charge is -2.57. The molecule has 2 saturated heterocycles. The van der Waals surface area contributed by atoms with Crippen LogP contribution in [0.3, 0.4) is 0 Å². The summed E-state index contributed by atoms with van der Waals surface area (Å²) in [7, 11) is 0. The van der Waals surface area contributed by atoms with E-state index in [1.165, 1.54) is 5.56 Å². The minimum absolute atomic E-state index is 0.136. The minimum Gasteiger partial charge on any atom is -0.322 e. The molecule has 30 heavy (non-hydrogen) atoms. The number of fused-ring (bicyclic) bond motifs is 1. The molecule has 2 heterocycles. The van der Waals surface area contributed by atoms with Gasteiger partial charge in [-0.1, -0.05) is 52.7 Å². The van der Waals surface area contributed by atoms with Crippen LogP contribution >= 0.6 is 15.9 Å². The molecule has 1 N–H and O–H groups in total. The van der Waals surface area contributed by atoms with Gasteiger partial charge in [0.2, 0.25) is 0 Å². The van der Waals surface area contributed by atoms with Crippen LogP contribution in [0.4, 0.5) is 10.5 Å². The third-order valence-corrected chi connectivity index (χ3v) is 6.90. The van der Waals surface area contributed by atoms with Crippen molar-refractivity contribution in [2.24, 2.45) is 0 Å². The van der Waals surface area contributed by atoms with E-state index in [4.69, 9.17) is 0 Å². The van der Waals surface area contributed by atoms with E-state index < -0.39 is 0 Å². The second-order valence-electron chi connectivity index (χ2n) is 8.32. The third kappa shape index (κ3) is 4.30. The Balaban J connectivity index is 1.55. The molecule has 3 atom stereocenters. The zero-order valence-corrected chi connectivity index (χ0v) is 19.1. The molecule has 2 aromatic rings. The molecule has 2 fully saturated rings. The summed E-state index contributed by atoms with van der Waals surface area (Å²) in [4.78, 5) is 29.7. The zero-order valence-electron chi connectivity index (χ0n) is 17.5. The van der Waals surface area contributed by atoms with Crippen LogP contribution in [0, 0.1) is 6.92 Å². The molecule has 0 saturated carbocycles. The monoisotopic (exact) mass is 469 g/mol. The lowest BCUT2D eigenvalue weighted by Crippen LogP contribution is -2.67. The number of nitrogens with zero attached hydrogens (tertiary/aromatic N) is 2. The predicted molar refractivity (Wildman–Crippen MR) is 123 cm³/mol. The van der Waals surface area contributed by atoms with E-state index >= 15 is 0 Å². The predicted octanol–water partition coefficient (Wildman–Crippen LogP) is 4.81. The standard InChI is InChI=1S/C24H28BrN3O2/c1-3-21-23(17-6-8-18(25)9-7-17)22-15-27(13-12-20(29)14-28(21)22)24(30)26-19-10-4-16(2)5-11-19/h4-11,21-23H,3,12-15H2,1-2H3,(H,26,30)/t21-,22+,23+/m1/s1. The molecule has 2 amide bonds. The molecule has 0 radical (unpaired) electrons. The molecular formula is C24H28BrN3O2. The number of halogens is 1. The van der Waals surface area contributed by atoms with Crippen molar-refractivity contribution < 1.29 is 9.59 Å². The maximum Gasteiger partial charge on any atom is 0.321 e. The van der Waals surface area contributed by atoms with Crippen molar-refractivity contribution in [3.63, 3.8) is 0 Å². The topological polar surface area (TPSA) is 52.7 Å². The number of amides is 2. The lowest BCUT2D eigenvalue weighted by molar-refractivity contribution is -0.128. The number of anilines is 1. The molecule has 0 aromatic heterocycles. The summed E-state index contributed by atoms with van der Waals surface area (Å²) in [5.41, 5.74) is 3.21. The van der Waals surface area contributed by atoms with Gasteiger partial charge in [0.15, 0.2) is 0 Å². The highest BCUT2D eigenvalue weighted by Crippen LogP contribution is 2.43. The highest BCUT2D eigenvalue weighted by atomic mass is 79.9. The molecule has 4 rings (SSSR count). The zero-order chi connectivity index (χ0) is 21.3. The Hall–Kier alpha value is -2.18. The summed E-state index contributed by atoms with van der Waals surface area (Å²) in [6.07, 6.45) is 1.39. The van der Waals surface area contributed by atoms with Crippen LogP contribution in [-0.4, -0.2) is 53.3 Å². The van der Waals surface area contributed by atoms with E-state index in [2.05, 4.69) is 57.3 Å². The number of carbonyl (C=O) groups is 2. The second kappa shape index (κ2) is 8.90. The molecular weight excluding hydrogens is 442 g/mol. The highest BCUT2D eigenvalue weighted by molar-refractivity contribution is 9.10. The number of hydrogen-bond acceptors (Lipinski definition) is 3. The maximum atomic E-state index is 13.0. The van der Waals surface area contributed by atoms with Crippen LogP contribution in [-0.2, 0) is 4.79 Å². The van der Waals surface area contributed by atoms with Gasteiger partial charge in [-0.3, -0.25) is 9.69 Å². The fourth-order valence-corrected chi connectivity index (χ4v) is 5.03. The molecule has 0 aliphatic carbocycles. The SMILES string of the molecule is CC[C@@H]1[C@H](c2ccc(Br)cc2)[C@@H]2CN(C(=O)Nc3ccc(C)cc3)CCC(=O)CN12. The van der Waals surface area contributed by atoms with E-state index in [0.29, 0.717) is 38.0 Å². The van der Waals surface area contributed by atoms with Gasteiger partial charge in [0.1, 0.15) is 5.78 Å². The first-order valence-corrected chi connectivity index (χ1v) is 11.4. The van der Waals surface area contributed by atoms with Crippen molar-refractivity contribution in [2.45, 2.75) is 44.7 Å². The smallest absolute Gasteiger partial charge is 0.321 e. The molecule has 5 nitrogen and oxygen atoms in total. The average molecular weight is 470 g/mol. The number of hydrogen-bond donors (Lipinski definition) is 1. The minimum atomic E-state index is -0.136. The average Bonchev–Trinajstić information content (AvgIpc) is 2.72. The number of nitrogens with one attached hydrogen (secondary N) is 1. The van der Waals surface area contributed by atoms with E-state index in [-0.39, 0.29) is 17.9 Å². The van der Waals surface area contributed by atoms with Crippen molar-refractivity contribution in [2.75, 3.05) is 25.0 Å². The van der Waals surface area contributed by atoms with Gasteiger partial charge in [0.05, 0.1) is 6.54 Å². The van der Waals surface area contributed by atoms with Gasteiger partial charge in [0.25, 0.3) is 0 Å². The van der Waals surface area contributed by atoms with Gasteiger partial charge in [-0.25, -0.2) is 4.79 Å². The van der Waals surface area contributed by atoms with E-state index in [1.54, 1.807) is 0 Å². The molecule has 158 valence electrons. The van der Waals surface area contributed by atoms with E-state index in [0.717, 1.165) is 22.1 Å². The molecule has 0 unspecified atom stereocenters. The summed E-state index contributed by atoms with van der Waals surface area (Å²) in [5.74, 6) is 0.532. The number of ketones is 1. The van der Waals surface area contributed by atoms with Gasteiger partial charge >= 0.3 is 6.03 Å². The summed E-state index contributed by atoms with van der Waals surface area (Å²) < 4.78 is 1.06. The maximum absolute atomic E-state index is 13.0. The number of urea groups is 1. The first-order chi connectivity index (χ1) is 14.5. The summed E-state index contributed by atoms with van der Waals surface area (Å²) >= 11 is 3.51. The van der Waals surface area contributed by atoms with Crippen LogP contribution in [0.2, 0.25) is 0 Å². The van der Waals surface area contributed by atoms with Gasteiger partial charge < -0.3 is 10.2 Å². The Bertz CT molecular complexity index is 913. The summed E-state index contributed by atoms with van der Waals surface area (Å²) in [5, 5.41) is 3.00. The van der Waals surface area contributed by atoms with Crippen LogP contribution in [0.15, 0.2) is 53.0 Å². The molecule has 2 aromatic carbocycles. The third-order valence-electron chi connectivity index (χ3n) is 6.37. The van der Waals surface area contributed by atoms with Gasteiger partial charge in [-0.15, -0.1) is 0 Å². The Morgan fingerprint density at radius 3 is 2.50 bits per heavy atom. The summed E-state index contributed by atoms with van der Waals surface area (Å²) in [6, 6.07) is 16.6. The van der Waals surface area contributed by atoms with Crippen molar-refractivity contribution in [1.82, 2.24) is 9.80 Å². The Morgan fingerprint density at radius 2 is 1.83 bits per heavy atom. The first kappa shape index (κ1) is 21.1. The van der Waals surface area contributed by atoms with Crippen molar-refractivity contribution in [3.05, 3.63) is 64.1 Å². The number of Topliss-reactive ketones (excluding diaryl/α,β-unsaturated/α-hetero) is 1. The number of carbonyl (C=O) groups excluding carboxylic acids is 2. The number of rotatable bonds is 3. The van der Waals surface area contributed by atoms with Crippen LogP contribution in [0.1, 0.15) is 36.8 Å². The van der Waals surface area contributed by atoms with E-state index in [1.807, 2.05) is 36.1 Å². The Morgan fingerprint density at radius 1 is 1.13 bits per heavy atom. The summed E-state index contributed by atoms with van der Waals surface area (Å²) in [6.45, 7) is 5.78. The normalized spacial score (nSPS) is 24.4. The van der Waals surface area contributed by atoms with Crippen molar-refractivity contribution in [3.8, 4) is 0 Å².